The first kappa shape index (κ1) is 21.5. The van der Waals surface area contributed by atoms with E-state index < -0.39 is 0 Å². The molecule has 3 unspecified atom stereocenters. The number of fused-ring (bicyclic) bond motifs is 1. The van der Waals surface area contributed by atoms with E-state index in [0.717, 1.165) is 34.7 Å². The minimum absolute atomic E-state index is 0. The monoisotopic (exact) mass is 491 g/mol. The zero-order valence-electron chi connectivity index (χ0n) is 16.0. The summed E-state index contributed by atoms with van der Waals surface area (Å²) in [5.74, 6) is 2.73. The van der Waals surface area contributed by atoms with Gasteiger partial charge in [-0.1, -0.05) is 0 Å². The predicted octanol–water partition coefficient (Wildman–Crippen LogP) is 3.59. The molecule has 3 atom stereocenters. The molecule has 2 aliphatic rings. The Balaban J connectivity index is 0.00000243. The topological polar surface area (TPSA) is 54.9 Å². The van der Waals surface area contributed by atoms with E-state index in [-0.39, 0.29) is 30.1 Å². The fourth-order valence-corrected chi connectivity index (χ4v) is 4.46. The molecule has 2 N–H and O–H groups in total. The Morgan fingerprint density at radius 2 is 2.19 bits per heavy atom. The quantitative estimate of drug-likeness (QED) is 0.375. The van der Waals surface area contributed by atoms with Crippen LogP contribution < -0.4 is 20.1 Å². The normalized spacial score (nSPS) is 24.5. The molecule has 1 heterocycles. The highest BCUT2D eigenvalue weighted by Gasteiger charge is 2.25. The van der Waals surface area contributed by atoms with Crippen molar-refractivity contribution in [2.45, 2.75) is 56.5 Å². The Morgan fingerprint density at radius 1 is 1.38 bits per heavy atom. The lowest BCUT2D eigenvalue weighted by Gasteiger charge is -2.18. The first-order chi connectivity index (χ1) is 12.1. The number of hydrogen-bond donors (Lipinski definition) is 2. The van der Waals surface area contributed by atoms with Gasteiger partial charge in [0.25, 0.3) is 0 Å². The predicted molar refractivity (Wildman–Crippen MR) is 120 cm³/mol. The van der Waals surface area contributed by atoms with Crippen molar-refractivity contribution in [3.05, 3.63) is 23.3 Å². The van der Waals surface area contributed by atoms with Crippen molar-refractivity contribution in [2.24, 2.45) is 4.99 Å². The molecule has 1 aromatic carbocycles. The number of guanidine groups is 1. The zero-order valence-corrected chi connectivity index (χ0v) is 19.1. The van der Waals surface area contributed by atoms with E-state index in [4.69, 9.17) is 9.47 Å². The number of ether oxygens (including phenoxy) is 2. The first-order valence-corrected chi connectivity index (χ1v) is 10.3. The molecule has 7 heteroatoms. The molecule has 0 radical (unpaired) electrons. The molecule has 0 saturated heterocycles. The summed E-state index contributed by atoms with van der Waals surface area (Å²) >= 11 is 1.97. The third-order valence-corrected chi connectivity index (χ3v) is 6.12. The van der Waals surface area contributed by atoms with Crippen LogP contribution in [-0.2, 0) is 13.0 Å². The Bertz CT molecular complexity index is 641. The highest BCUT2D eigenvalue weighted by molar-refractivity contribution is 14.0. The molecule has 26 heavy (non-hydrogen) atoms. The number of hydrogen-bond acceptors (Lipinski definition) is 4. The van der Waals surface area contributed by atoms with Crippen LogP contribution in [0.1, 0.15) is 37.3 Å². The summed E-state index contributed by atoms with van der Waals surface area (Å²) in [5.41, 5.74) is 2.32. The molecule has 3 rings (SSSR count). The maximum Gasteiger partial charge on any atom is 0.191 e. The maximum absolute atomic E-state index is 5.88. The summed E-state index contributed by atoms with van der Waals surface area (Å²) in [4.78, 5) is 4.37. The van der Waals surface area contributed by atoms with Crippen LogP contribution >= 0.6 is 35.7 Å². The fraction of sp³-hybridized carbons (Fsp3) is 0.632. The van der Waals surface area contributed by atoms with E-state index in [2.05, 4.69) is 40.9 Å². The van der Waals surface area contributed by atoms with Crippen molar-refractivity contribution in [3.63, 3.8) is 0 Å². The number of nitrogens with zero attached hydrogens (tertiary/aromatic N) is 1. The largest absolute Gasteiger partial charge is 0.496 e. The number of methoxy groups -OCH3 is 1. The van der Waals surface area contributed by atoms with E-state index in [1.807, 2.05) is 18.8 Å². The van der Waals surface area contributed by atoms with Crippen molar-refractivity contribution >= 4 is 41.7 Å². The van der Waals surface area contributed by atoms with Gasteiger partial charge in [0.1, 0.15) is 17.6 Å². The van der Waals surface area contributed by atoms with Crippen LogP contribution in [0.3, 0.4) is 0 Å². The van der Waals surface area contributed by atoms with Crippen molar-refractivity contribution < 1.29 is 9.47 Å². The highest BCUT2D eigenvalue weighted by Crippen LogP contribution is 2.35. The van der Waals surface area contributed by atoms with Gasteiger partial charge in [-0.05, 0) is 44.6 Å². The molecule has 0 amide bonds. The van der Waals surface area contributed by atoms with Crippen molar-refractivity contribution in [2.75, 3.05) is 20.4 Å². The van der Waals surface area contributed by atoms with E-state index >= 15 is 0 Å². The second-order valence-corrected chi connectivity index (χ2v) is 7.98. The number of nitrogens with one attached hydrogen (secondary N) is 2. The molecule has 1 aromatic rings. The van der Waals surface area contributed by atoms with Crippen LogP contribution in [0, 0.1) is 0 Å². The van der Waals surface area contributed by atoms with E-state index in [0.29, 0.717) is 12.6 Å². The van der Waals surface area contributed by atoms with Crippen LogP contribution in [0.15, 0.2) is 17.1 Å². The molecule has 0 spiro atoms. The van der Waals surface area contributed by atoms with Crippen LogP contribution in [0.2, 0.25) is 0 Å². The van der Waals surface area contributed by atoms with Crippen LogP contribution in [0.25, 0.3) is 0 Å². The Labute approximate surface area is 178 Å². The second-order valence-electron chi connectivity index (χ2n) is 6.84. The van der Waals surface area contributed by atoms with E-state index in [1.165, 1.54) is 24.8 Å². The van der Waals surface area contributed by atoms with Crippen LogP contribution in [0.4, 0.5) is 0 Å². The molecule has 1 saturated carbocycles. The Morgan fingerprint density at radius 3 is 2.85 bits per heavy atom. The van der Waals surface area contributed by atoms with Crippen molar-refractivity contribution in [1.29, 1.82) is 0 Å². The van der Waals surface area contributed by atoms with Gasteiger partial charge >= 0.3 is 0 Å². The number of halogens is 1. The van der Waals surface area contributed by atoms with E-state index in [9.17, 15) is 0 Å². The average Bonchev–Trinajstić information content (AvgIpc) is 3.22. The summed E-state index contributed by atoms with van der Waals surface area (Å²) in [6.45, 7) is 2.76. The summed E-state index contributed by atoms with van der Waals surface area (Å²) in [6.07, 6.45) is 7.08. The molecule has 146 valence electrons. The van der Waals surface area contributed by atoms with Gasteiger partial charge in [0.2, 0.25) is 0 Å². The van der Waals surface area contributed by atoms with Gasteiger partial charge in [-0.3, -0.25) is 4.99 Å². The van der Waals surface area contributed by atoms with Gasteiger partial charge in [0, 0.05) is 42.4 Å². The average molecular weight is 491 g/mol. The van der Waals surface area contributed by atoms with Gasteiger partial charge in [-0.2, -0.15) is 11.8 Å². The third kappa shape index (κ3) is 5.12. The second kappa shape index (κ2) is 9.92. The molecule has 1 fully saturated rings. The van der Waals surface area contributed by atoms with Gasteiger partial charge in [0.15, 0.2) is 5.96 Å². The van der Waals surface area contributed by atoms with Crippen LogP contribution in [0.5, 0.6) is 11.5 Å². The number of rotatable bonds is 5. The summed E-state index contributed by atoms with van der Waals surface area (Å²) in [7, 11) is 3.54. The minimum Gasteiger partial charge on any atom is -0.496 e. The molecule has 5 nitrogen and oxygen atoms in total. The van der Waals surface area contributed by atoms with Gasteiger partial charge < -0.3 is 20.1 Å². The maximum atomic E-state index is 5.88. The SMILES string of the molecule is CN=C(NCc1cc2c(cc1OC)CC(C)O2)NC1CCC(SC)C1.I. The first-order valence-electron chi connectivity index (χ1n) is 8.99. The standard InChI is InChI=1S/C19H29N3O2S.HI/c1-12-7-13-8-17(23-3)14(9-18(13)24-12)11-21-19(20-2)22-15-5-6-16(10-15)25-4;/h8-9,12,15-16H,5-7,10-11H2,1-4H3,(H2,20,21,22);1H. The lowest BCUT2D eigenvalue weighted by molar-refractivity contribution is 0.254. The fourth-order valence-electron chi connectivity index (χ4n) is 3.66. The Hall–Kier alpha value is -0.830. The number of benzene rings is 1. The lowest BCUT2D eigenvalue weighted by Crippen LogP contribution is -2.42. The van der Waals surface area contributed by atoms with Crippen molar-refractivity contribution in [1.82, 2.24) is 10.6 Å². The van der Waals surface area contributed by atoms with Gasteiger partial charge in [0.05, 0.1) is 7.11 Å². The van der Waals surface area contributed by atoms with Crippen molar-refractivity contribution in [3.8, 4) is 11.5 Å². The molecule has 1 aliphatic carbocycles. The summed E-state index contributed by atoms with van der Waals surface area (Å²) < 4.78 is 11.5. The Kier molecular flexibility index (Phi) is 8.19. The highest BCUT2D eigenvalue weighted by atomic mass is 127. The lowest BCUT2D eigenvalue weighted by atomic mass is 10.1. The summed E-state index contributed by atoms with van der Waals surface area (Å²) in [6, 6.07) is 4.71. The molecule has 0 bridgehead atoms. The number of aliphatic imine (C=N–C) groups is 1. The third-order valence-electron chi connectivity index (χ3n) is 5.03. The number of thioether (sulfide) groups is 1. The zero-order chi connectivity index (χ0) is 17.8. The summed E-state index contributed by atoms with van der Waals surface area (Å²) in [5, 5.41) is 7.74. The molecule has 1 aliphatic heterocycles. The molecular weight excluding hydrogens is 461 g/mol. The smallest absolute Gasteiger partial charge is 0.191 e. The minimum atomic E-state index is 0. The molecule has 0 aromatic heterocycles. The van der Waals surface area contributed by atoms with Gasteiger partial charge in [-0.25, -0.2) is 0 Å². The molecular formula is C19H30IN3O2S. The van der Waals surface area contributed by atoms with Gasteiger partial charge in [-0.15, -0.1) is 24.0 Å². The van der Waals surface area contributed by atoms with Crippen LogP contribution in [-0.4, -0.2) is 43.8 Å². The van der Waals surface area contributed by atoms with E-state index in [1.54, 1.807) is 7.11 Å².